The lowest BCUT2D eigenvalue weighted by molar-refractivity contribution is 0.423. The molecule has 0 fully saturated rings. The zero-order chi connectivity index (χ0) is 34.2. The summed E-state index contributed by atoms with van der Waals surface area (Å²) in [7, 11) is 0. The first kappa shape index (κ1) is 31.4. The van der Waals surface area contributed by atoms with Crippen LogP contribution >= 0.6 is 0 Å². The second-order valence-corrected chi connectivity index (χ2v) is 14.1. The van der Waals surface area contributed by atoms with Crippen LogP contribution in [-0.4, -0.2) is 4.57 Å². The molecular weight excluding hydrogens is 605 g/mol. The molecule has 0 aliphatic heterocycles. The van der Waals surface area contributed by atoms with E-state index in [-0.39, 0.29) is 5.54 Å². The van der Waals surface area contributed by atoms with Crippen molar-refractivity contribution in [2.45, 2.75) is 39.7 Å². The van der Waals surface area contributed by atoms with Crippen molar-refractivity contribution in [2.75, 3.05) is 4.90 Å². The molecule has 0 radical (unpaired) electrons. The molecule has 1 heterocycles. The predicted molar refractivity (Wildman–Crippen MR) is 215 cm³/mol. The van der Waals surface area contributed by atoms with E-state index in [0.717, 1.165) is 23.5 Å². The van der Waals surface area contributed by atoms with Gasteiger partial charge in [-0.15, -0.1) is 0 Å². The van der Waals surface area contributed by atoms with Crippen molar-refractivity contribution in [3.05, 3.63) is 175 Å². The van der Waals surface area contributed by atoms with Crippen LogP contribution in [0.15, 0.2) is 170 Å². The third kappa shape index (κ3) is 5.77. The highest BCUT2D eigenvalue weighted by Gasteiger charge is 2.21. The Hall–Kier alpha value is -5.86. The van der Waals surface area contributed by atoms with E-state index in [1.165, 1.54) is 60.8 Å². The number of fused-ring (bicyclic) bond motifs is 3. The smallest absolute Gasteiger partial charge is 0.0496 e. The van der Waals surface area contributed by atoms with Gasteiger partial charge in [0.1, 0.15) is 0 Å². The topological polar surface area (TPSA) is 8.17 Å². The summed E-state index contributed by atoms with van der Waals surface area (Å²) in [5, 5.41) is 2.61. The lowest BCUT2D eigenvalue weighted by Gasteiger charge is -2.27. The number of rotatable bonds is 7. The third-order valence-corrected chi connectivity index (χ3v) is 9.85. The molecule has 0 atom stereocenters. The monoisotopic (exact) mass is 646 g/mol. The maximum Gasteiger partial charge on any atom is 0.0496 e. The molecule has 244 valence electrons. The Labute approximate surface area is 295 Å². The molecule has 0 amide bonds. The van der Waals surface area contributed by atoms with Crippen LogP contribution < -0.4 is 4.90 Å². The summed E-state index contributed by atoms with van der Waals surface area (Å²) in [5.74, 6) is 0. The van der Waals surface area contributed by atoms with E-state index < -0.39 is 0 Å². The second kappa shape index (κ2) is 12.9. The maximum absolute atomic E-state index is 2.47. The first-order valence-electron chi connectivity index (χ1n) is 17.7. The fraction of sp³-hybridized carbons (Fsp3) is 0.125. The molecule has 0 aliphatic carbocycles. The standard InChI is InChI=1S/C48H42N2/c1-5-34-32-42(49(40-16-10-7-11-17-40)41-27-24-36(25-28-41)35-14-8-6-9-15-35)29-30-43(34)38-22-20-37(21-23-38)39-26-31-47-45(33-39)44-18-12-13-19-46(44)50(47)48(2,3)4/h6-33H,5H2,1-4H3. The predicted octanol–water partition coefficient (Wildman–Crippen LogP) is 13.6. The molecule has 0 saturated carbocycles. The SMILES string of the molecule is CCc1cc(N(c2ccccc2)c2ccc(-c3ccccc3)cc2)ccc1-c1ccc(-c2ccc3c(c2)c2ccccc2n3C(C)(C)C)cc1. The van der Waals surface area contributed by atoms with Gasteiger partial charge in [-0.1, -0.05) is 122 Å². The van der Waals surface area contributed by atoms with Gasteiger partial charge < -0.3 is 9.47 Å². The minimum atomic E-state index is -0.0117. The van der Waals surface area contributed by atoms with Crippen molar-refractivity contribution in [3.8, 4) is 33.4 Å². The van der Waals surface area contributed by atoms with Crippen molar-refractivity contribution in [2.24, 2.45) is 0 Å². The van der Waals surface area contributed by atoms with Gasteiger partial charge in [0.2, 0.25) is 0 Å². The number of benzene rings is 7. The molecule has 8 rings (SSSR count). The van der Waals surface area contributed by atoms with Crippen LogP contribution in [0.3, 0.4) is 0 Å². The Balaban J connectivity index is 1.13. The molecule has 1 aromatic heterocycles. The van der Waals surface area contributed by atoms with Crippen LogP contribution in [0.2, 0.25) is 0 Å². The average molecular weight is 647 g/mol. The van der Waals surface area contributed by atoms with Crippen LogP contribution in [0.5, 0.6) is 0 Å². The van der Waals surface area contributed by atoms with E-state index in [2.05, 4.69) is 207 Å². The minimum Gasteiger partial charge on any atom is -0.335 e. The van der Waals surface area contributed by atoms with E-state index in [9.17, 15) is 0 Å². The minimum absolute atomic E-state index is 0.0117. The van der Waals surface area contributed by atoms with Gasteiger partial charge in [-0.2, -0.15) is 0 Å². The molecule has 0 aliphatic rings. The van der Waals surface area contributed by atoms with Crippen molar-refractivity contribution in [3.63, 3.8) is 0 Å². The molecule has 8 aromatic rings. The number of aromatic nitrogens is 1. The van der Waals surface area contributed by atoms with Gasteiger partial charge in [-0.25, -0.2) is 0 Å². The zero-order valence-electron chi connectivity index (χ0n) is 29.3. The quantitative estimate of drug-likeness (QED) is 0.167. The third-order valence-electron chi connectivity index (χ3n) is 9.85. The lowest BCUT2D eigenvalue weighted by atomic mass is 9.94. The Morgan fingerprint density at radius 1 is 0.440 bits per heavy atom. The van der Waals surface area contributed by atoms with Gasteiger partial charge in [0.25, 0.3) is 0 Å². The Kier molecular flexibility index (Phi) is 8.09. The average Bonchev–Trinajstić information content (AvgIpc) is 3.51. The van der Waals surface area contributed by atoms with Gasteiger partial charge in [0.15, 0.2) is 0 Å². The van der Waals surface area contributed by atoms with Gasteiger partial charge >= 0.3 is 0 Å². The Morgan fingerprint density at radius 3 is 1.66 bits per heavy atom. The number of anilines is 3. The highest BCUT2D eigenvalue weighted by molar-refractivity contribution is 6.09. The number of para-hydroxylation sites is 2. The normalized spacial score (nSPS) is 11.7. The van der Waals surface area contributed by atoms with E-state index in [4.69, 9.17) is 0 Å². The molecule has 0 unspecified atom stereocenters. The molecule has 2 heteroatoms. The largest absolute Gasteiger partial charge is 0.335 e. The molecule has 50 heavy (non-hydrogen) atoms. The summed E-state index contributed by atoms with van der Waals surface area (Å²) in [5.41, 5.74) is 14.7. The van der Waals surface area contributed by atoms with Crippen LogP contribution in [0, 0.1) is 0 Å². The second-order valence-electron chi connectivity index (χ2n) is 14.1. The summed E-state index contributed by atoms with van der Waals surface area (Å²) >= 11 is 0. The maximum atomic E-state index is 2.47. The first-order chi connectivity index (χ1) is 24.4. The van der Waals surface area contributed by atoms with Crippen LogP contribution in [0.4, 0.5) is 17.1 Å². The molecule has 2 nitrogen and oxygen atoms in total. The van der Waals surface area contributed by atoms with E-state index in [1.807, 2.05) is 0 Å². The number of aryl methyl sites for hydroxylation is 1. The number of nitrogens with zero attached hydrogens (tertiary/aromatic N) is 2. The Morgan fingerprint density at radius 2 is 0.960 bits per heavy atom. The summed E-state index contributed by atoms with van der Waals surface area (Å²) < 4.78 is 2.47. The van der Waals surface area contributed by atoms with Crippen LogP contribution in [-0.2, 0) is 12.0 Å². The van der Waals surface area contributed by atoms with Gasteiger partial charge in [-0.05, 0) is 121 Å². The van der Waals surface area contributed by atoms with Gasteiger partial charge in [-0.3, -0.25) is 0 Å². The van der Waals surface area contributed by atoms with Crippen molar-refractivity contribution in [1.82, 2.24) is 4.57 Å². The summed E-state index contributed by atoms with van der Waals surface area (Å²) in [4.78, 5) is 2.35. The molecular formula is C48H42N2. The number of hydrogen-bond acceptors (Lipinski definition) is 1. The highest BCUT2D eigenvalue weighted by atomic mass is 15.1. The highest BCUT2D eigenvalue weighted by Crippen LogP contribution is 2.40. The fourth-order valence-electron chi connectivity index (χ4n) is 7.47. The Bertz CT molecular complexity index is 2410. The summed E-state index contributed by atoms with van der Waals surface area (Å²) in [6, 6.07) is 61.9. The van der Waals surface area contributed by atoms with E-state index in [1.54, 1.807) is 0 Å². The van der Waals surface area contributed by atoms with Gasteiger partial charge in [0.05, 0.1) is 0 Å². The van der Waals surface area contributed by atoms with Crippen LogP contribution in [0.25, 0.3) is 55.2 Å². The fourth-order valence-corrected chi connectivity index (χ4v) is 7.47. The van der Waals surface area contributed by atoms with Crippen LogP contribution in [0.1, 0.15) is 33.3 Å². The zero-order valence-corrected chi connectivity index (χ0v) is 29.3. The molecule has 0 spiro atoms. The molecule has 7 aromatic carbocycles. The molecule has 0 bridgehead atoms. The molecule has 0 N–H and O–H groups in total. The number of hydrogen-bond donors (Lipinski definition) is 0. The van der Waals surface area contributed by atoms with E-state index >= 15 is 0 Å². The van der Waals surface area contributed by atoms with E-state index in [0.29, 0.717) is 0 Å². The summed E-state index contributed by atoms with van der Waals surface area (Å²) in [6.45, 7) is 9.10. The van der Waals surface area contributed by atoms with Crippen molar-refractivity contribution < 1.29 is 0 Å². The summed E-state index contributed by atoms with van der Waals surface area (Å²) in [6.07, 6.45) is 0.939. The lowest BCUT2D eigenvalue weighted by Crippen LogP contribution is -2.21. The van der Waals surface area contributed by atoms with Gasteiger partial charge in [0, 0.05) is 44.4 Å². The van der Waals surface area contributed by atoms with Crippen molar-refractivity contribution >= 4 is 38.9 Å². The molecule has 0 saturated heterocycles. The van der Waals surface area contributed by atoms with Crippen molar-refractivity contribution in [1.29, 1.82) is 0 Å². The first-order valence-corrected chi connectivity index (χ1v) is 17.7.